The third-order valence-electron chi connectivity index (χ3n) is 9.61. The van der Waals surface area contributed by atoms with Crippen molar-refractivity contribution < 1.29 is 19.0 Å². The highest BCUT2D eigenvalue weighted by molar-refractivity contribution is 6.32. The number of hydrogen-bond donors (Lipinski definition) is 0. The van der Waals surface area contributed by atoms with Crippen molar-refractivity contribution in [2.24, 2.45) is 0 Å². The van der Waals surface area contributed by atoms with Gasteiger partial charge in [-0.3, -0.25) is 9.69 Å². The summed E-state index contributed by atoms with van der Waals surface area (Å²) in [5, 5.41) is 1.09. The maximum atomic E-state index is 13.3. The van der Waals surface area contributed by atoms with Crippen LogP contribution in [0.5, 0.6) is 23.1 Å². The van der Waals surface area contributed by atoms with E-state index in [0.29, 0.717) is 59.6 Å². The van der Waals surface area contributed by atoms with Crippen molar-refractivity contribution in [3.63, 3.8) is 0 Å². The van der Waals surface area contributed by atoms with E-state index in [2.05, 4.69) is 72.3 Å². The molecule has 1 saturated heterocycles. The number of hydrogen-bond acceptors (Lipinski definition) is 6. The normalized spacial score (nSPS) is 13.6. The quantitative estimate of drug-likeness (QED) is 0.105. The Morgan fingerprint density at radius 1 is 0.833 bits per heavy atom. The maximum absolute atomic E-state index is 13.3. The Kier molecular flexibility index (Phi) is 13.3. The first-order valence-corrected chi connectivity index (χ1v) is 19.2. The monoisotopic (exact) mass is 763 g/mol. The molecule has 1 aromatic heterocycles. The number of aryl methyl sites for hydroxylation is 1. The van der Waals surface area contributed by atoms with Crippen molar-refractivity contribution in [3.05, 3.63) is 153 Å². The smallest absolute Gasteiger partial charge is 0.246 e. The summed E-state index contributed by atoms with van der Waals surface area (Å²) >= 11 is 12.9. The molecule has 4 aromatic carbocycles. The van der Waals surface area contributed by atoms with Crippen LogP contribution in [0.2, 0.25) is 10.0 Å². The largest absolute Gasteiger partial charge is 0.493 e. The van der Waals surface area contributed by atoms with E-state index in [0.717, 1.165) is 54.1 Å². The number of ether oxygens (including phenoxy) is 3. The molecule has 0 saturated carbocycles. The fourth-order valence-electron chi connectivity index (χ4n) is 6.27. The predicted octanol–water partition coefficient (Wildman–Crippen LogP) is 10.6. The molecule has 0 bridgehead atoms. The number of allylic oxidation sites excluding steroid dienone is 1. The van der Waals surface area contributed by atoms with Crippen LogP contribution in [0.25, 0.3) is 5.57 Å². The van der Waals surface area contributed by atoms with Gasteiger partial charge in [-0.25, -0.2) is 4.98 Å². The zero-order chi connectivity index (χ0) is 38.0. The summed E-state index contributed by atoms with van der Waals surface area (Å²) in [5.74, 6) is 2.93. The lowest BCUT2D eigenvalue weighted by molar-refractivity contribution is -0.127. The first-order valence-electron chi connectivity index (χ1n) is 18.4. The van der Waals surface area contributed by atoms with Crippen molar-refractivity contribution in [1.29, 1.82) is 0 Å². The second-order valence-corrected chi connectivity index (χ2v) is 14.8. The van der Waals surface area contributed by atoms with Crippen LogP contribution < -0.4 is 14.2 Å². The van der Waals surface area contributed by atoms with Crippen LogP contribution in [-0.2, 0) is 24.4 Å². The second-order valence-electron chi connectivity index (χ2n) is 14.0. The Bertz CT molecular complexity index is 2020. The number of carbonyl (C=O) groups is 1. The molecule has 1 fully saturated rings. The summed E-state index contributed by atoms with van der Waals surface area (Å²) < 4.78 is 17.9. The molecule has 0 unspecified atom stereocenters. The Labute approximate surface area is 329 Å². The molecule has 0 radical (unpaired) electrons. The van der Waals surface area contributed by atoms with E-state index in [-0.39, 0.29) is 5.91 Å². The van der Waals surface area contributed by atoms with Gasteiger partial charge >= 0.3 is 0 Å². The SMILES string of the molecule is CC(=CC(=O)N1CCN(Cc2ccc(CCOc3ccc(C(C)C)cc3)cc2)CC1)c1cc(C)c(Oc2ccc(OCc3ccccc3Cl)cn2)c(Cl)c1. The van der Waals surface area contributed by atoms with Gasteiger partial charge in [0, 0.05) is 61.9 Å². The number of piperazine rings is 1. The van der Waals surface area contributed by atoms with Gasteiger partial charge in [0.15, 0.2) is 5.75 Å². The number of carbonyl (C=O) groups excluding carboxylic acids is 1. The average Bonchev–Trinajstić information content (AvgIpc) is 3.17. The summed E-state index contributed by atoms with van der Waals surface area (Å²) in [6.07, 6.45) is 4.16. The maximum Gasteiger partial charge on any atom is 0.246 e. The first kappa shape index (κ1) is 38.9. The van der Waals surface area contributed by atoms with Crippen LogP contribution in [0.15, 0.2) is 109 Å². The van der Waals surface area contributed by atoms with Gasteiger partial charge < -0.3 is 19.1 Å². The van der Waals surface area contributed by atoms with Gasteiger partial charge in [-0.1, -0.05) is 91.6 Å². The van der Waals surface area contributed by atoms with Crippen LogP contribution in [0.1, 0.15) is 60.1 Å². The molecule has 7 nitrogen and oxygen atoms in total. The molecular formula is C45H47Cl2N3O4. The summed E-state index contributed by atoms with van der Waals surface area (Å²) in [6.45, 7) is 13.1. The third-order valence-corrected chi connectivity index (χ3v) is 10.3. The highest BCUT2D eigenvalue weighted by Gasteiger charge is 2.21. The van der Waals surface area contributed by atoms with Gasteiger partial charge in [-0.15, -0.1) is 0 Å². The molecule has 54 heavy (non-hydrogen) atoms. The summed E-state index contributed by atoms with van der Waals surface area (Å²) in [6, 6.07) is 32.0. The summed E-state index contributed by atoms with van der Waals surface area (Å²) in [7, 11) is 0. The minimum absolute atomic E-state index is 0.00438. The lowest BCUT2D eigenvalue weighted by Crippen LogP contribution is -2.47. The molecule has 0 atom stereocenters. The van der Waals surface area contributed by atoms with Gasteiger partial charge in [-0.2, -0.15) is 0 Å². The van der Waals surface area contributed by atoms with Crippen molar-refractivity contribution in [2.75, 3.05) is 32.8 Å². The minimum atomic E-state index is 0.00438. The van der Waals surface area contributed by atoms with Crippen LogP contribution >= 0.6 is 23.2 Å². The van der Waals surface area contributed by atoms with E-state index in [1.807, 2.05) is 55.1 Å². The highest BCUT2D eigenvalue weighted by Crippen LogP contribution is 2.35. The number of pyridine rings is 1. The zero-order valence-corrected chi connectivity index (χ0v) is 32.9. The van der Waals surface area contributed by atoms with Crippen LogP contribution in [0, 0.1) is 6.92 Å². The predicted molar refractivity (Wildman–Crippen MR) is 218 cm³/mol. The molecule has 6 rings (SSSR count). The van der Waals surface area contributed by atoms with E-state index in [1.165, 1.54) is 16.7 Å². The second kappa shape index (κ2) is 18.5. The van der Waals surface area contributed by atoms with Gasteiger partial charge in [0.1, 0.15) is 18.1 Å². The number of nitrogens with zero attached hydrogens (tertiary/aromatic N) is 3. The van der Waals surface area contributed by atoms with Gasteiger partial charge in [-0.05, 0) is 89.6 Å². The lowest BCUT2D eigenvalue weighted by atomic mass is 10.0. The molecule has 9 heteroatoms. The van der Waals surface area contributed by atoms with Crippen LogP contribution in [-0.4, -0.2) is 53.5 Å². The number of amides is 1. The van der Waals surface area contributed by atoms with Crippen LogP contribution in [0.3, 0.4) is 0 Å². The van der Waals surface area contributed by atoms with E-state index >= 15 is 0 Å². The van der Waals surface area contributed by atoms with Gasteiger partial charge in [0.25, 0.3) is 0 Å². The van der Waals surface area contributed by atoms with Crippen LogP contribution in [0.4, 0.5) is 0 Å². The van der Waals surface area contributed by atoms with E-state index in [9.17, 15) is 4.79 Å². The summed E-state index contributed by atoms with van der Waals surface area (Å²) in [5.41, 5.74) is 7.28. The molecule has 1 aliphatic heterocycles. The Morgan fingerprint density at radius 2 is 1.54 bits per heavy atom. The van der Waals surface area contributed by atoms with Gasteiger partial charge in [0.2, 0.25) is 11.8 Å². The fraction of sp³-hybridized carbons (Fsp3) is 0.289. The third kappa shape index (κ3) is 10.7. The van der Waals surface area contributed by atoms with E-state index < -0.39 is 0 Å². The number of aromatic nitrogens is 1. The first-order chi connectivity index (χ1) is 26.1. The molecule has 2 heterocycles. The molecule has 280 valence electrons. The minimum Gasteiger partial charge on any atom is -0.493 e. The lowest BCUT2D eigenvalue weighted by Gasteiger charge is -2.34. The highest BCUT2D eigenvalue weighted by atomic mass is 35.5. The van der Waals surface area contributed by atoms with Crippen molar-refractivity contribution in [1.82, 2.24) is 14.8 Å². The molecule has 1 amide bonds. The van der Waals surface area contributed by atoms with E-state index in [1.54, 1.807) is 24.4 Å². The molecule has 0 N–H and O–H groups in total. The summed E-state index contributed by atoms with van der Waals surface area (Å²) in [4.78, 5) is 22.0. The molecule has 5 aromatic rings. The van der Waals surface area contributed by atoms with Crippen molar-refractivity contribution in [2.45, 2.75) is 53.2 Å². The Balaban J connectivity index is 0.947. The molecular weight excluding hydrogens is 717 g/mol. The topological polar surface area (TPSA) is 64.1 Å². The van der Waals surface area contributed by atoms with E-state index in [4.69, 9.17) is 37.4 Å². The standard InChI is InChI=1S/C45H47Cl2N3O4/c1-31(2)36-13-15-39(16-14-36)52-24-19-34-9-11-35(12-10-34)29-49-20-22-50(23-21-49)44(51)26-32(3)38-25-33(4)45(42(47)27-38)54-43-18-17-40(28-48-43)53-30-37-7-5-6-8-41(37)46/h5-18,25-28,31H,19-24,29-30H2,1-4H3. The number of halogens is 2. The van der Waals surface area contributed by atoms with Gasteiger partial charge in [0.05, 0.1) is 17.8 Å². The number of benzene rings is 4. The van der Waals surface area contributed by atoms with Crippen molar-refractivity contribution in [3.8, 4) is 23.1 Å². The number of rotatable bonds is 14. The Hall–Kier alpha value is -4.82. The fourth-order valence-corrected chi connectivity index (χ4v) is 6.77. The molecule has 1 aliphatic rings. The molecule has 0 aliphatic carbocycles. The Morgan fingerprint density at radius 3 is 2.20 bits per heavy atom. The zero-order valence-electron chi connectivity index (χ0n) is 31.4. The van der Waals surface area contributed by atoms with Crippen molar-refractivity contribution >= 4 is 34.7 Å². The average molecular weight is 765 g/mol. The molecule has 0 spiro atoms.